The van der Waals surface area contributed by atoms with Gasteiger partial charge in [0.15, 0.2) is 0 Å². The minimum Gasteiger partial charge on any atom is -0.395 e. The van der Waals surface area contributed by atoms with E-state index >= 15 is 0 Å². The molecule has 1 saturated carbocycles. The van der Waals surface area contributed by atoms with Crippen molar-refractivity contribution in [2.45, 2.75) is 43.8 Å². The van der Waals surface area contributed by atoms with Crippen LogP contribution in [0.2, 0.25) is 0 Å². The fraction of sp³-hybridized carbons (Fsp3) is 0.474. The molecule has 2 heterocycles. The second-order valence-corrected chi connectivity index (χ2v) is 7.18. The third-order valence-corrected chi connectivity index (χ3v) is 5.51. The molecule has 1 amide bonds. The summed E-state index contributed by atoms with van der Waals surface area (Å²) >= 11 is 0. The van der Waals surface area contributed by atoms with Gasteiger partial charge in [-0.25, -0.2) is 4.39 Å². The maximum Gasteiger partial charge on any atom is 0.255 e. The first-order valence-electron chi connectivity index (χ1n) is 9.11. The van der Waals surface area contributed by atoms with Crippen molar-refractivity contribution in [3.8, 4) is 0 Å². The SMILES string of the molecule is O=C(Nc1cnn([C@H]2C[C@@H](CO)N(C3CCC3)C2)c1)c1cccc(F)c1. The first-order chi connectivity index (χ1) is 12.6. The van der Waals surface area contributed by atoms with Crippen molar-refractivity contribution in [1.82, 2.24) is 14.7 Å². The van der Waals surface area contributed by atoms with Gasteiger partial charge in [-0.05, 0) is 37.5 Å². The Bertz CT molecular complexity index is 789. The van der Waals surface area contributed by atoms with Crippen molar-refractivity contribution >= 4 is 11.6 Å². The second kappa shape index (κ2) is 7.17. The summed E-state index contributed by atoms with van der Waals surface area (Å²) in [4.78, 5) is 14.6. The number of aromatic nitrogens is 2. The zero-order chi connectivity index (χ0) is 18.1. The van der Waals surface area contributed by atoms with Crippen LogP contribution in [0.5, 0.6) is 0 Å². The Hall–Kier alpha value is -2.25. The Morgan fingerprint density at radius 3 is 2.88 bits per heavy atom. The zero-order valence-corrected chi connectivity index (χ0v) is 14.5. The molecule has 26 heavy (non-hydrogen) atoms. The fourth-order valence-electron chi connectivity index (χ4n) is 3.89. The number of likely N-dealkylation sites (tertiary alicyclic amines) is 1. The lowest BCUT2D eigenvalue weighted by atomic mass is 9.91. The average molecular weight is 358 g/mol. The summed E-state index contributed by atoms with van der Waals surface area (Å²) in [5.74, 6) is -0.801. The number of aliphatic hydroxyl groups is 1. The van der Waals surface area contributed by atoms with E-state index in [0.29, 0.717) is 11.7 Å². The predicted octanol–water partition coefficient (Wildman–Crippen LogP) is 2.43. The van der Waals surface area contributed by atoms with E-state index in [9.17, 15) is 14.3 Å². The standard InChI is InChI=1S/C19H23FN4O2/c20-14-4-1-3-13(7-14)19(26)22-15-9-21-24(10-15)17-8-18(12-25)23(11-17)16-5-2-6-16/h1,3-4,7,9-10,16-18,25H,2,5-6,8,11-12H2,(H,22,26)/t17-,18-/m0/s1. The molecule has 138 valence electrons. The van der Waals surface area contributed by atoms with Gasteiger partial charge in [-0.2, -0.15) is 5.10 Å². The van der Waals surface area contributed by atoms with E-state index in [2.05, 4.69) is 15.3 Å². The lowest BCUT2D eigenvalue weighted by Gasteiger charge is -2.38. The van der Waals surface area contributed by atoms with Crippen molar-refractivity contribution in [3.05, 3.63) is 48.0 Å². The highest BCUT2D eigenvalue weighted by Gasteiger charge is 2.39. The quantitative estimate of drug-likeness (QED) is 0.861. The zero-order valence-electron chi connectivity index (χ0n) is 14.5. The molecule has 0 spiro atoms. The summed E-state index contributed by atoms with van der Waals surface area (Å²) in [6.07, 6.45) is 7.94. The van der Waals surface area contributed by atoms with Gasteiger partial charge < -0.3 is 10.4 Å². The van der Waals surface area contributed by atoms with E-state index in [4.69, 9.17) is 0 Å². The fourth-order valence-corrected chi connectivity index (χ4v) is 3.89. The minimum absolute atomic E-state index is 0.164. The number of aliphatic hydroxyl groups excluding tert-OH is 1. The van der Waals surface area contributed by atoms with E-state index in [1.54, 1.807) is 18.5 Å². The van der Waals surface area contributed by atoms with Crippen molar-refractivity contribution in [1.29, 1.82) is 0 Å². The number of amides is 1. The van der Waals surface area contributed by atoms with Crippen molar-refractivity contribution in [3.63, 3.8) is 0 Å². The monoisotopic (exact) mass is 358 g/mol. The molecule has 1 aliphatic heterocycles. The predicted molar refractivity (Wildman–Crippen MR) is 95.5 cm³/mol. The summed E-state index contributed by atoms with van der Waals surface area (Å²) in [5.41, 5.74) is 0.858. The van der Waals surface area contributed by atoms with Crippen LogP contribution in [-0.4, -0.2) is 50.9 Å². The van der Waals surface area contributed by atoms with Crippen LogP contribution in [0.1, 0.15) is 42.1 Å². The highest BCUT2D eigenvalue weighted by Crippen LogP contribution is 2.35. The molecule has 1 aromatic heterocycles. The van der Waals surface area contributed by atoms with E-state index in [-0.39, 0.29) is 30.2 Å². The molecule has 2 fully saturated rings. The number of halogens is 1. The molecule has 2 aromatic rings. The number of hydrogen-bond donors (Lipinski definition) is 2. The largest absolute Gasteiger partial charge is 0.395 e. The van der Waals surface area contributed by atoms with Gasteiger partial charge in [-0.15, -0.1) is 0 Å². The van der Waals surface area contributed by atoms with E-state index in [0.717, 1.165) is 13.0 Å². The minimum atomic E-state index is -0.439. The normalized spacial score (nSPS) is 23.8. The number of nitrogens with zero attached hydrogens (tertiary/aromatic N) is 3. The molecule has 1 aromatic carbocycles. The van der Waals surface area contributed by atoms with Gasteiger partial charge in [-0.1, -0.05) is 12.5 Å². The lowest BCUT2D eigenvalue weighted by molar-refractivity contribution is 0.0773. The Morgan fingerprint density at radius 1 is 1.35 bits per heavy atom. The molecule has 2 N–H and O–H groups in total. The van der Waals surface area contributed by atoms with E-state index in [1.807, 2.05) is 4.68 Å². The van der Waals surface area contributed by atoms with Crippen LogP contribution in [-0.2, 0) is 0 Å². The molecular weight excluding hydrogens is 335 g/mol. The maximum atomic E-state index is 13.3. The summed E-state index contributed by atoms with van der Waals surface area (Å²) in [6, 6.07) is 6.55. The van der Waals surface area contributed by atoms with Crippen LogP contribution in [0.15, 0.2) is 36.7 Å². The molecule has 2 atom stereocenters. The molecule has 7 heteroatoms. The Morgan fingerprint density at radius 2 is 2.19 bits per heavy atom. The van der Waals surface area contributed by atoms with E-state index in [1.165, 1.54) is 37.5 Å². The first-order valence-corrected chi connectivity index (χ1v) is 9.11. The molecule has 0 unspecified atom stereocenters. The number of hydrogen-bond acceptors (Lipinski definition) is 4. The highest BCUT2D eigenvalue weighted by molar-refractivity contribution is 6.04. The van der Waals surface area contributed by atoms with Gasteiger partial charge in [0, 0.05) is 30.4 Å². The number of benzene rings is 1. The second-order valence-electron chi connectivity index (χ2n) is 7.18. The van der Waals surface area contributed by atoms with Crippen LogP contribution in [0.3, 0.4) is 0 Å². The molecule has 0 bridgehead atoms. The molecule has 4 rings (SSSR count). The Kier molecular flexibility index (Phi) is 4.74. The van der Waals surface area contributed by atoms with Crippen molar-refractivity contribution in [2.75, 3.05) is 18.5 Å². The first kappa shape index (κ1) is 17.2. The molecule has 1 saturated heterocycles. The smallest absolute Gasteiger partial charge is 0.255 e. The maximum absolute atomic E-state index is 13.3. The number of anilines is 1. The summed E-state index contributed by atoms with van der Waals surface area (Å²) in [6.45, 7) is 1.03. The van der Waals surface area contributed by atoms with Gasteiger partial charge in [0.2, 0.25) is 0 Å². The van der Waals surface area contributed by atoms with Crippen molar-refractivity contribution in [2.24, 2.45) is 0 Å². The topological polar surface area (TPSA) is 70.4 Å². The lowest BCUT2D eigenvalue weighted by Crippen LogP contribution is -2.44. The van der Waals surface area contributed by atoms with Gasteiger partial charge in [0.25, 0.3) is 5.91 Å². The highest BCUT2D eigenvalue weighted by atomic mass is 19.1. The van der Waals surface area contributed by atoms with Crippen molar-refractivity contribution < 1.29 is 14.3 Å². The number of rotatable bonds is 5. The Balaban J connectivity index is 1.42. The molecule has 1 aliphatic carbocycles. The van der Waals surface area contributed by atoms with Crippen LogP contribution in [0.4, 0.5) is 10.1 Å². The summed E-state index contributed by atoms with van der Waals surface area (Å²) in [7, 11) is 0. The van der Waals surface area contributed by atoms with Gasteiger partial charge in [-0.3, -0.25) is 14.4 Å². The molecule has 6 nitrogen and oxygen atoms in total. The number of nitrogens with one attached hydrogen (secondary N) is 1. The number of carbonyl (C=O) groups excluding carboxylic acids is 1. The van der Waals surface area contributed by atoms with Crippen LogP contribution in [0.25, 0.3) is 0 Å². The summed E-state index contributed by atoms with van der Waals surface area (Å²) < 4.78 is 15.1. The molecule has 0 radical (unpaired) electrons. The van der Waals surface area contributed by atoms with Crippen LogP contribution in [0, 0.1) is 5.82 Å². The Labute approximate surface area is 151 Å². The number of carbonyl (C=O) groups is 1. The molecular formula is C19H23FN4O2. The van der Waals surface area contributed by atoms with Gasteiger partial charge >= 0.3 is 0 Å². The third kappa shape index (κ3) is 3.37. The average Bonchev–Trinajstić information content (AvgIpc) is 3.20. The van der Waals surface area contributed by atoms with Gasteiger partial charge in [0.05, 0.1) is 24.5 Å². The van der Waals surface area contributed by atoms with Crippen LogP contribution >= 0.6 is 0 Å². The van der Waals surface area contributed by atoms with E-state index < -0.39 is 5.82 Å². The van der Waals surface area contributed by atoms with Crippen LogP contribution < -0.4 is 5.32 Å². The molecule has 2 aliphatic rings. The summed E-state index contributed by atoms with van der Waals surface area (Å²) in [5, 5.41) is 16.8. The van der Waals surface area contributed by atoms with Gasteiger partial charge in [0.1, 0.15) is 5.82 Å². The third-order valence-electron chi connectivity index (χ3n) is 5.51.